The Balaban J connectivity index is 2.00. The van der Waals surface area contributed by atoms with Crippen molar-refractivity contribution >= 4 is 33.4 Å². The van der Waals surface area contributed by atoms with E-state index in [0.29, 0.717) is 18.7 Å². The molecule has 2 amide bonds. The number of carbonyl (C=O) groups is 4. The Kier molecular flexibility index (Phi) is 14.3. The highest BCUT2D eigenvalue weighted by molar-refractivity contribution is 7.92. The summed E-state index contributed by atoms with van der Waals surface area (Å²) in [5.74, 6) is -3.23. The number of fused-ring (bicyclic) bond motifs is 3. The largest absolute Gasteiger partial charge is 0.460 e. The first kappa shape index (κ1) is 38.8. The van der Waals surface area contributed by atoms with Crippen LogP contribution in [0.15, 0.2) is 46.6 Å². The maximum absolute atomic E-state index is 14.0. The summed E-state index contributed by atoms with van der Waals surface area (Å²) in [5, 5.41) is 11.9. The lowest BCUT2D eigenvalue weighted by Crippen LogP contribution is -2.50. The standard InChI is InChI=1S/C34H50N4O9S/c1-7-37(8-2)16-17-48(44,45)28-13-15-38-31(28)34(43)47-32(22(3)4)24(6)11-12-29(41)35-14-9-10-23(5)18-25(39)19-26(40)20-30-36-27(21-46-30)33(38)42/h9-12,18,21-22,24-25,28,31-32,39H,7-8,13-17,19-20H2,1-6H3,(H,35,41)/b10-9-,12-11+,23-18+/t24-,25-,28-,31-,32?/m1/s1. The predicted molar refractivity (Wildman–Crippen MR) is 180 cm³/mol. The Morgan fingerprint density at radius 1 is 1.15 bits per heavy atom. The van der Waals surface area contributed by atoms with Gasteiger partial charge >= 0.3 is 5.97 Å². The van der Waals surface area contributed by atoms with E-state index in [-0.39, 0.29) is 73.8 Å². The molecule has 13 nitrogen and oxygen atoms in total. The van der Waals surface area contributed by atoms with E-state index in [4.69, 9.17) is 9.15 Å². The molecule has 1 aromatic heterocycles. The average molecular weight is 691 g/mol. The first-order valence-corrected chi connectivity index (χ1v) is 18.3. The fraction of sp³-hybridized carbons (Fsp3) is 0.618. The number of aromatic nitrogens is 1. The number of rotatable bonds is 7. The van der Waals surface area contributed by atoms with E-state index in [9.17, 15) is 32.7 Å². The van der Waals surface area contributed by atoms with E-state index in [1.54, 1.807) is 32.1 Å². The lowest BCUT2D eigenvalue weighted by molar-refractivity contribution is -0.157. The molecular weight excluding hydrogens is 640 g/mol. The number of allylic oxidation sites excluding steroid dienone is 2. The molecule has 1 aromatic rings. The number of amides is 2. The van der Waals surface area contributed by atoms with Crippen LogP contribution in [0.1, 0.15) is 70.8 Å². The zero-order valence-corrected chi connectivity index (χ0v) is 29.6. The maximum Gasteiger partial charge on any atom is 0.330 e. The summed E-state index contributed by atoms with van der Waals surface area (Å²) in [4.78, 5) is 60.3. The van der Waals surface area contributed by atoms with Gasteiger partial charge in [0.25, 0.3) is 5.91 Å². The lowest BCUT2D eigenvalue weighted by atomic mass is 9.94. The molecule has 1 fully saturated rings. The van der Waals surface area contributed by atoms with E-state index in [1.807, 2.05) is 32.6 Å². The van der Waals surface area contributed by atoms with Crippen LogP contribution < -0.4 is 5.32 Å². The molecule has 0 saturated carbocycles. The van der Waals surface area contributed by atoms with Crippen molar-refractivity contribution in [2.24, 2.45) is 11.8 Å². The van der Waals surface area contributed by atoms with Gasteiger partial charge in [-0.2, -0.15) is 0 Å². The summed E-state index contributed by atoms with van der Waals surface area (Å²) in [6.07, 6.45) is 6.68. The van der Waals surface area contributed by atoms with Gasteiger partial charge in [-0.1, -0.05) is 64.5 Å². The predicted octanol–water partition coefficient (Wildman–Crippen LogP) is 2.27. The quantitative estimate of drug-likeness (QED) is 0.402. The second-order valence-corrected chi connectivity index (χ2v) is 15.0. The van der Waals surface area contributed by atoms with Gasteiger partial charge in [-0.15, -0.1) is 0 Å². The number of aliphatic hydroxyl groups is 1. The molecule has 0 spiro atoms. The van der Waals surface area contributed by atoms with E-state index < -0.39 is 51.1 Å². The highest BCUT2D eigenvalue weighted by Crippen LogP contribution is 2.30. The second-order valence-electron chi connectivity index (χ2n) is 12.7. The van der Waals surface area contributed by atoms with Crippen LogP contribution in [0.5, 0.6) is 0 Å². The maximum atomic E-state index is 14.0. The Hall–Kier alpha value is -3.62. The van der Waals surface area contributed by atoms with Gasteiger partial charge in [0.2, 0.25) is 11.8 Å². The van der Waals surface area contributed by atoms with Crippen LogP contribution in [0.3, 0.4) is 0 Å². The molecule has 3 heterocycles. The minimum absolute atomic E-state index is 0.0243. The highest BCUT2D eigenvalue weighted by atomic mass is 32.2. The van der Waals surface area contributed by atoms with Crippen LogP contribution in [0.2, 0.25) is 0 Å². The number of esters is 1. The number of oxazole rings is 1. The molecule has 0 aromatic carbocycles. The molecule has 266 valence electrons. The fourth-order valence-electron chi connectivity index (χ4n) is 5.99. The molecule has 2 aliphatic rings. The van der Waals surface area contributed by atoms with Crippen LogP contribution >= 0.6 is 0 Å². The number of Topliss-reactive ketones (excluding diaryl/α,β-unsaturated/α-hetero) is 1. The monoisotopic (exact) mass is 690 g/mol. The average Bonchev–Trinajstić information content (AvgIpc) is 3.68. The fourth-order valence-corrected chi connectivity index (χ4v) is 7.92. The summed E-state index contributed by atoms with van der Waals surface area (Å²) in [6.45, 7) is 12.9. The Bertz CT molecular complexity index is 1490. The topological polar surface area (TPSA) is 176 Å². The number of carbonyl (C=O) groups excluding carboxylic acids is 4. The molecule has 0 aliphatic carbocycles. The molecule has 0 radical (unpaired) electrons. The lowest BCUT2D eigenvalue weighted by Gasteiger charge is -2.31. The van der Waals surface area contributed by atoms with Gasteiger partial charge in [-0.25, -0.2) is 18.2 Å². The van der Waals surface area contributed by atoms with E-state index in [0.717, 1.165) is 11.2 Å². The third-order valence-electron chi connectivity index (χ3n) is 8.66. The number of ether oxygens (including phenoxy) is 1. The second kappa shape index (κ2) is 17.7. The van der Waals surface area contributed by atoms with Gasteiger partial charge in [0.1, 0.15) is 24.2 Å². The Labute approximate surface area is 283 Å². The van der Waals surface area contributed by atoms with Crippen LogP contribution in [-0.4, -0.2) is 114 Å². The first-order valence-electron chi connectivity index (χ1n) is 16.6. The number of hydrogen-bond donors (Lipinski definition) is 2. The van der Waals surface area contributed by atoms with Crippen LogP contribution in [0.25, 0.3) is 0 Å². The van der Waals surface area contributed by atoms with Crippen molar-refractivity contribution < 1.29 is 41.9 Å². The molecule has 2 N–H and O–H groups in total. The first-order chi connectivity index (χ1) is 22.7. The normalized spacial score (nSPS) is 28.1. The number of sulfone groups is 1. The molecule has 1 saturated heterocycles. The molecule has 2 bridgehead atoms. The van der Waals surface area contributed by atoms with E-state index in [1.165, 1.54) is 12.2 Å². The summed E-state index contributed by atoms with van der Waals surface area (Å²) in [7, 11) is -3.87. The summed E-state index contributed by atoms with van der Waals surface area (Å²) < 4.78 is 38.9. The van der Waals surface area contributed by atoms with E-state index >= 15 is 0 Å². The van der Waals surface area contributed by atoms with Gasteiger partial charge < -0.3 is 29.4 Å². The minimum Gasteiger partial charge on any atom is -0.460 e. The van der Waals surface area contributed by atoms with Crippen molar-refractivity contribution in [2.45, 2.75) is 84.3 Å². The molecular formula is C34H50N4O9S. The number of nitrogens with zero attached hydrogens (tertiary/aromatic N) is 3. The van der Waals surface area contributed by atoms with Crippen molar-refractivity contribution in [3.8, 4) is 0 Å². The highest BCUT2D eigenvalue weighted by Gasteiger charge is 2.50. The molecule has 3 rings (SSSR count). The zero-order valence-electron chi connectivity index (χ0n) is 28.8. The zero-order chi connectivity index (χ0) is 35.6. The van der Waals surface area contributed by atoms with Gasteiger partial charge in [-0.05, 0) is 38.4 Å². The number of nitrogens with one attached hydrogen (secondary N) is 1. The number of cyclic esters (lactones) is 1. The molecule has 14 heteroatoms. The molecule has 2 aliphatic heterocycles. The van der Waals surface area contributed by atoms with Crippen molar-refractivity contribution in [2.75, 3.05) is 38.5 Å². The Morgan fingerprint density at radius 2 is 1.85 bits per heavy atom. The number of ketones is 1. The third-order valence-corrected chi connectivity index (χ3v) is 10.8. The van der Waals surface area contributed by atoms with Crippen molar-refractivity contribution in [1.82, 2.24) is 20.1 Å². The van der Waals surface area contributed by atoms with Gasteiger partial charge in [0.05, 0.1) is 23.5 Å². The SMILES string of the molecule is CCN(CC)CCS(=O)(=O)[C@@H]1CCN2C(=O)c3coc(n3)CC(=O)C[C@H](O)/C=C(C)/C=C\CNC(=O)/C=C/[C@@H](C)C(C(C)C)OC(=O)[C@@H]12. The van der Waals surface area contributed by atoms with Crippen molar-refractivity contribution in [3.05, 3.63) is 53.8 Å². The molecule has 5 atom stereocenters. The Morgan fingerprint density at radius 3 is 2.52 bits per heavy atom. The van der Waals surface area contributed by atoms with Gasteiger partial charge in [-0.3, -0.25) is 14.4 Å². The molecule has 1 unspecified atom stereocenters. The summed E-state index contributed by atoms with van der Waals surface area (Å²) in [5.41, 5.74) is 0.505. The smallest absolute Gasteiger partial charge is 0.330 e. The van der Waals surface area contributed by atoms with Crippen LogP contribution in [-0.2, 0) is 35.4 Å². The number of aliphatic hydroxyl groups excluding tert-OH is 1. The van der Waals surface area contributed by atoms with Gasteiger partial charge in [0, 0.05) is 32.0 Å². The van der Waals surface area contributed by atoms with Crippen LogP contribution in [0.4, 0.5) is 0 Å². The summed E-state index contributed by atoms with van der Waals surface area (Å²) in [6, 6.07) is -1.44. The van der Waals surface area contributed by atoms with E-state index in [2.05, 4.69) is 10.3 Å². The van der Waals surface area contributed by atoms with Crippen LogP contribution in [0, 0.1) is 11.8 Å². The molecule has 48 heavy (non-hydrogen) atoms. The summed E-state index contributed by atoms with van der Waals surface area (Å²) >= 11 is 0. The third kappa shape index (κ3) is 10.7. The van der Waals surface area contributed by atoms with Crippen molar-refractivity contribution in [1.29, 1.82) is 0 Å². The van der Waals surface area contributed by atoms with Crippen molar-refractivity contribution in [3.63, 3.8) is 0 Å². The van der Waals surface area contributed by atoms with Gasteiger partial charge in [0.15, 0.2) is 15.5 Å². The minimum atomic E-state index is -3.87. The number of hydrogen-bond acceptors (Lipinski definition) is 11.